The SMILES string of the molecule is CCN(CC)C(=O)c1ccc2c(c1)[C@H]1[C@@H](Cl)[C@@H](Sc3ccccc3[N+](=O)[O-])C[C@@H]1[C@H](c1ccc(Cl)cc1)N2. The quantitative estimate of drug-likeness (QED) is 0.178. The van der Waals surface area contributed by atoms with E-state index in [1.165, 1.54) is 17.8 Å². The number of rotatable bonds is 7. The van der Waals surface area contributed by atoms with Crippen LogP contribution in [0.25, 0.3) is 0 Å². The first kappa shape index (κ1) is 26.9. The minimum absolute atomic E-state index is 0.00382. The molecule has 1 saturated carbocycles. The Morgan fingerprint density at radius 2 is 1.82 bits per heavy atom. The number of nitrogens with zero attached hydrogens (tertiary/aromatic N) is 2. The summed E-state index contributed by atoms with van der Waals surface area (Å²) < 4.78 is 0. The fraction of sp³-hybridized carbons (Fsp3) is 0.345. The molecule has 3 aromatic rings. The minimum Gasteiger partial charge on any atom is -0.378 e. The Balaban J connectivity index is 1.55. The zero-order chi connectivity index (χ0) is 27.0. The van der Waals surface area contributed by atoms with E-state index in [4.69, 9.17) is 23.2 Å². The standard InChI is InChI=1S/C29H29Cl2N3O3S/c1-3-33(4-2)29(35)18-11-14-22-20(15-18)26-21(28(32-22)17-9-12-19(30)13-10-17)16-25(27(26)31)38-24-8-6-5-7-23(24)34(36)37/h5-15,21,25-28,32H,3-4,16H2,1-2H3/t21-,25-,26+,27-,28-/m0/s1. The van der Waals surface area contributed by atoms with Gasteiger partial charge in [0.1, 0.15) is 0 Å². The average molecular weight is 571 g/mol. The molecule has 6 nitrogen and oxygen atoms in total. The van der Waals surface area contributed by atoms with E-state index >= 15 is 0 Å². The molecule has 0 spiro atoms. The van der Waals surface area contributed by atoms with Gasteiger partial charge < -0.3 is 10.2 Å². The Bertz CT molecular complexity index is 1350. The number of amides is 1. The molecule has 0 radical (unpaired) electrons. The lowest BCUT2D eigenvalue weighted by Crippen LogP contribution is -2.33. The number of para-hydroxylation sites is 1. The molecule has 0 aromatic heterocycles. The second-order valence-electron chi connectivity index (χ2n) is 9.70. The van der Waals surface area contributed by atoms with Gasteiger partial charge in [-0.25, -0.2) is 0 Å². The predicted molar refractivity (Wildman–Crippen MR) is 155 cm³/mol. The Morgan fingerprint density at radius 1 is 1.11 bits per heavy atom. The van der Waals surface area contributed by atoms with Crippen molar-refractivity contribution in [2.45, 2.75) is 47.8 Å². The summed E-state index contributed by atoms with van der Waals surface area (Å²) in [5.74, 6) is 0.104. The molecule has 0 unspecified atom stereocenters. The zero-order valence-electron chi connectivity index (χ0n) is 21.1. The van der Waals surface area contributed by atoms with Crippen molar-refractivity contribution in [3.05, 3.63) is 98.6 Å². The first-order valence-electron chi connectivity index (χ1n) is 12.8. The molecule has 2 aliphatic rings. The number of carbonyl (C=O) groups excluding carboxylic acids is 1. The molecule has 1 aliphatic carbocycles. The van der Waals surface area contributed by atoms with E-state index in [1.54, 1.807) is 12.1 Å². The van der Waals surface area contributed by atoms with Crippen molar-refractivity contribution in [2.75, 3.05) is 18.4 Å². The number of thioether (sulfide) groups is 1. The Kier molecular flexibility index (Phi) is 7.89. The molecule has 0 bridgehead atoms. The van der Waals surface area contributed by atoms with Gasteiger partial charge in [-0.3, -0.25) is 14.9 Å². The summed E-state index contributed by atoms with van der Waals surface area (Å²) in [6.45, 7) is 5.24. The Labute approximate surface area is 236 Å². The van der Waals surface area contributed by atoms with E-state index < -0.39 is 0 Å². The summed E-state index contributed by atoms with van der Waals surface area (Å²) >= 11 is 14.9. The summed E-state index contributed by atoms with van der Waals surface area (Å²) in [6.07, 6.45) is 0.767. The highest BCUT2D eigenvalue weighted by atomic mass is 35.5. The summed E-state index contributed by atoms with van der Waals surface area (Å²) in [4.78, 5) is 26.9. The number of anilines is 1. The molecular formula is C29H29Cl2N3O3S. The van der Waals surface area contributed by atoms with Crippen molar-refractivity contribution in [3.8, 4) is 0 Å². The molecule has 3 aromatic carbocycles. The van der Waals surface area contributed by atoms with E-state index in [1.807, 2.05) is 67.3 Å². The van der Waals surface area contributed by atoms with E-state index in [-0.39, 0.29) is 45.0 Å². The summed E-state index contributed by atoms with van der Waals surface area (Å²) in [5.41, 5.74) is 3.85. The van der Waals surface area contributed by atoms with Crippen molar-refractivity contribution in [2.24, 2.45) is 5.92 Å². The lowest BCUT2D eigenvalue weighted by Gasteiger charge is -2.38. The maximum Gasteiger partial charge on any atom is 0.282 e. The van der Waals surface area contributed by atoms with Crippen LogP contribution < -0.4 is 5.32 Å². The highest BCUT2D eigenvalue weighted by Crippen LogP contribution is 2.58. The maximum absolute atomic E-state index is 13.2. The normalized spacial score (nSPS) is 23.7. The van der Waals surface area contributed by atoms with Gasteiger partial charge in [-0.15, -0.1) is 23.4 Å². The second kappa shape index (κ2) is 11.2. The summed E-state index contributed by atoms with van der Waals surface area (Å²) in [6, 6.07) is 20.5. The fourth-order valence-corrected chi connectivity index (χ4v) is 7.88. The van der Waals surface area contributed by atoms with Gasteiger partial charge in [-0.05, 0) is 73.7 Å². The molecular weight excluding hydrogens is 541 g/mol. The van der Waals surface area contributed by atoms with Gasteiger partial charge in [-0.2, -0.15) is 0 Å². The molecule has 1 N–H and O–H groups in total. The van der Waals surface area contributed by atoms with Gasteiger partial charge in [0.25, 0.3) is 11.6 Å². The number of alkyl halides is 1. The van der Waals surface area contributed by atoms with Crippen LogP contribution in [0.5, 0.6) is 0 Å². The molecule has 1 heterocycles. The summed E-state index contributed by atoms with van der Waals surface area (Å²) in [5, 5.41) is 15.7. The molecule has 1 fully saturated rings. The molecule has 1 amide bonds. The van der Waals surface area contributed by atoms with Crippen molar-refractivity contribution < 1.29 is 9.72 Å². The number of benzene rings is 3. The molecule has 9 heteroatoms. The molecule has 5 rings (SSSR count). The van der Waals surface area contributed by atoms with E-state index in [9.17, 15) is 14.9 Å². The van der Waals surface area contributed by atoms with Crippen molar-refractivity contribution in [1.29, 1.82) is 0 Å². The molecule has 1 aliphatic heterocycles. The van der Waals surface area contributed by atoms with Crippen molar-refractivity contribution >= 4 is 52.2 Å². The van der Waals surface area contributed by atoms with Crippen LogP contribution >= 0.6 is 35.0 Å². The monoisotopic (exact) mass is 569 g/mol. The van der Waals surface area contributed by atoms with Crippen molar-refractivity contribution in [3.63, 3.8) is 0 Å². The average Bonchev–Trinajstić information content (AvgIpc) is 3.25. The topological polar surface area (TPSA) is 75.5 Å². The fourth-order valence-electron chi connectivity index (χ4n) is 5.81. The second-order valence-corrected chi connectivity index (χ2v) is 11.9. The van der Waals surface area contributed by atoms with Gasteiger partial charge in [0, 0.05) is 46.6 Å². The molecule has 38 heavy (non-hydrogen) atoms. The third kappa shape index (κ3) is 4.99. The number of carbonyl (C=O) groups is 1. The third-order valence-corrected chi connectivity index (χ3v) is 10.0. The number of nitro benzene ring substituents is 1. The number of hydrogen-bond acceptors (Lipinski definition) is 5. The molecule has 0 saturated heterocycles. The third-order valence-electron chi connectivity index (χ3n) is 7.68. The van der Waals surface area contributed by atoms with Crippen LogP contribution in [0.3, 0.4) is 0 Å². The highest BCUT2D eigenvalue weighted by Gasteiger charge is 2.50. The van der Waals surface area contributed by atoms with Gasteiger partial charge in [-0.1, -0.05) is 35.9 Å². The van der Waals surface area contributed by atoms with Crippen LogP contribution in [0.4, 0.5) is 11.4 Å². The molecule has 5 atom stereocenters. The first-order valence-corrected chi connectivity index (χ1v) is 14.5. The van der Waals surface area contributed by atoms with Crippen LogP contribution in [0, 0.1) is 16.0 Å². The number of nitrogens with one attached hydrogen (secondary N) is 1. The van der Waals surface area contributed by atoms with Gasteiger partial charge in [0.2, 0.25) is 0 Å². The van der Waals surface area contributed by atoms with Crippen molar-refractivity contribution in [1.82, 2.24) is 4.90 Å². The Morgan fingerprint density at radius 3 is 2.50 bits per heavy atom. The number of hydrogen-bond donors (Lipinski definition) is 1. The van der Waals surface area contributed by atoms with Crippen LogP contribution in [0.2, 0.25) is 5.02 Å². The van der Waals surface area contributed by atoms with E-state index in [0.29, 0.717) is 28.6 Å². The lowest BCUT2D eigenvalue weighted by atomic mass is 9.77. The van der Waals surface area contributed by atoms with Crippen LogP contribution in [0.1, 0.15) is 53.7 Å². The predicted octanol–water partition coefficient (Wildman–Crippen LogP) is 7.77. The highest BCUT2D eigenvalue weighted by molar-refractivity contribution is 8.00. The van der Waals surface area contributed by atoms with Gasteiger partial charge >= 0.3 is 0 Å². The number of fused-ring (bicyclic) bond motifs is 3. The van der Waals surface area contributed by atoms with E-state index in [2.05, 4.69) is 5.32 Å². The maximum atomic E-state index is 13.2. The number of halogens is 2. The van der Waals surface area contributed by atoms with Crippen LogP contribution in [-0.2, 0) is 0 Å². The van der Waals surface area contributed by atoms with Gasteiger partial charge in [0.05, 0.1) is 21.2 Å². The van der Waals surface area contributed by atoms with Crippen LogP contribution in [0.15, 0.2) is 71.6 Å². The van der Waals surface area contributed by atoms with Crippen LogP contribution in [-0.4, -0.2) is 39.4 Å². The largest absolute Gasteiger partial charge is 0.378 e. The minimum atomic E-state index is -0.341. The zero-order valence-corrected chi connectivity index (χ0v) is 23.5. The summed E-state index contributed by atoms with van der Waals surface area (Å²) in [7, 11) is 0. The number of nitro groups is 1. The Hall–Kier alpha value is -2.74. The molecule has 198 valence electrons. The van der Waals surface area contributed by atoms with E-state index in [0.717, 1.165) is 23.2 Å². The van der Waals surface area contributed by atoms with Gasteiger partial charge in [0.15, 0.2) is 0 Å². The first-order chi connectivity index (χ1) is 18.3. The smallest absolute Gasteiger partial charge is 0.282 e. The lowest BCUT2D eigenvalue weighted by molar-refractivity contribution is -0.387.